The Labute approximate surface area is 113 Å². The van der Waals surface area contributed by atoms with Crippen LogP contribution >= 0.6 is 0 Å². The zero-order valence-corrected chi connectivity index (χ0v) is 11.5. The quantitative estimate of drug-likeness (QED) is 0.771. The Balaban J connectivity index is 2.06. The largest absolute Gasteiger partial charge is 0.481 e. The lowest BCUT2D eigenvalue weighted by molar-refractivity contribution is -0.146. The summed E-state index contributed by atoms with van der Waals surface area (Å²) in [6.07, 6.45) is 0.858. The molecular weight excluding hydrogens is 248 g/mol. The van der Waals surface area contributed by atoms with Crippen molar-refractivity contribution in [1.82, 2.24) is 9.80 Å². The summed E-state index contributed by atoms with van der Waals surface area (Å²) < 4.78 is 5.26. The van der Waals surface area contributed by atoms with Gasteiger partial charge in [0.1, 0.15) is 5.92 Å². The maximum Gasteiger partial charge on any atom is 0.311 e. The molecule has 6 heteroatoms. The van der Waals surface area contributed by atoms with Crippen LogP contribution in [0.15, 0.2) is 0 Å². The second-order valence-electron chi connectivity index (χ2n) is 5.42. The third-order valence-electron chi connectivity index (χ3n) is 4.13. The van der Waals surface area contributed by atoms with E-state index in [4.69, 9.17) is 4.74 Å². The minimum Gasteiger partial charge on any atom is -0.481 e. The predicted molar refractivity (Wildman–Crippen MR) is 68.7 cm³/mol. The van der Waals surface area contributed by atoms with Crippen LogP contribution in [0.5, 0.6) is 0 Å². The van der Waals surface area contributed by atoms with Crippen LogP contribution in [0.4, 0.5) is 0 Å². The molecule has 0 aromatic rings. The van der Waals surface area contributed by atoms with Crippen LogP contribution < -0.4 is 0 Å². The van der Waals surface area contributed by atoms with Crippen molar-refractivity contribution in [1.29, 1.82) is 0 Å². The van der Waals surface area contributed by atoms with Gasteiger partial charge in [-0.2, -0.15) is 0 Å². The summed E-state index contributed by atoms with van der Waals surface area (Å²) in [5.74, 6) is -1.39. The smallest absolute Gasteiger partial charge is 0.311 e. The van der Waals surface area contributed by atoms with E-state index in [1.165, 1.54) is 0 Å². The van der Waals surface area contributed by atoms with Crippen molar-refractivity contribution in [3.63, 3.8) is 0 Å². The first-order chi connectivity index (χ1) is 9.04. The number of nitrogens with zero attached hydrogens (tertiary/aromatic N) is 2. The number of amides is 1. The number of hydrogen-bond acceptors (Lipinski definition) is 4. The standard InChI is InChI=1S/C13H22N2O4/c1-3-15(11-8-19-7-10(11)13(17)18)12(16)9-4-5-14(2)6-9/h9-11H,3-8H2,1-2H3,(H,17,18). The highest BCUT2D eigenvalue weighted by atomic mass is 16.5. The summed E-state index contributed by atoms with van der Waals surface area (Å²) in [5, 5.41) is 9.19. The van der Waals surface area contributed by atoms with Crippen LogP contribution in [0.3, 0.4) is 0 Å². The molecule has 0 aromatic carbocycles. The Morgan fingerprint density at radius 2 is 2.16 bits per heavy atom. The van der Waals surface area contributed by atoms with Crippen LogP contribution in [-0.4, -0.2) is 72.7 Å². The predicted octanol–water partition coefficient (Wildman–Crippen LogP) is -0.114. The fourth-order valence-electron chi connectivity index (χ4n) is 3.01. The lowest BCUT2D eigenvalue weighted by Crippen LogP contribution is -2.49. The van der Waals surface area contributed by atoms with Gasteiger partial charge in [0.25, 0.3) is 0 Å². The molecule has 2 heterocycles. The molecule has 0 radical (unpaired) electrons. The number of carboxylic acids is 1. The first kappa shape index (κ1) is 14.3. The van der Waals surface area contributed by atoms with Crippen LogP contribution in [0.25, 0.3) is 0 Å². The molecular formula is C13H22N2O4. The molecule has 3 unspecified atom stereocenters. The second kappa shape index (κ2) is 5.88. The molecule has 3 atom stereocenters. The highest BCUT2D eigenvalue weighted by Gasteiger charge is 2.41. The van der Waals surface area contributed by atoms with E-state index in [2.05, 4.69) is 4.90 Å². The van der Waals surface area contributed by atoms with E-state index in [9.17, 15) is 14.7 Å². The number of hydrogen-bond donors (Lipinski definition) is 1. The second-order valence-corrected chi connectivity index (χ2v) is 5.42. The zero-order valence-electron chi connectivity index (χ0n) is 11.5. The van der Waals surface area contributed by atoms with Gasteiger partial charge in [-0.3, -0.25) is 9.59 Å². The molecule has 2 aliphatic heterocycles. The Hall–Kier alpha value is -1.14. The summed E-state index contributed by atoms with van der Waals surface area (Å²) in [7, 11) is 2.00. The molecule has 2 aliphatic rings. The molecule has 6 nitrogen and oxygen atoms in total. The zero-order chi connectivity index (χ0) is 14.0. The fraction of sp³-hybridized carbons (Fsp3) is 0.846. The fourth-order valence-corrected chi connectivity index (χ4v) is 3.01. The molecule has 0 saturated carbocycles. The van der Waals surface area contributed by atoms with E-state index in [-0.39, 0.29) is 24.5 Å². The van der Waals surface area contributed by atoms with Gasteiger partial charge in [-0.15, -0.1) is 0 Å². The van der Waals surface area contributed by atoms with Gasteiger partial charge in [0.2, 0.25) is 5.91 Å². The monoisotopic (exact) mass is 270 g/mol. The van der Waals surface area contributed by atoms with Crippen LogP contribution in [0.2, 0.25) is 0 Å². The molecule has 0 aliphatic carbocycles. The molecule has 2 fully saturated rings. The van der Waals surface area contributed by atoms with Crippen molar-refractivity contribution < 1.29 is 19.4 Å². The van der Waals surface area contributed by atoms with Crippen LogP contribution in [-0.2, 0) is 14.3 Å². The first-order valence-electron chi connectivity index (χ1n) is 6.84. The maximum absolute atomic E-state index is 12.5. The summed E-state index contributed by atoms with van der Waals surface area (Å²) in [6.45, 7) is 4.66. The maximum atomic E-state index is 12.5. The molecule has 2 rings (SSSR count). The van der Waals surface area contributed by atoms with Gasteiger partial charge >= 0.3 is 5.97 Å². The third-order valence-corrected chi connectivity index (χ3v) is 4.13. The SMILES string of the molecule is CCN(C(=O)C1CCN(C)C1)C1COCC1C(=O)O. The molecule has 2 saturated heterocycles. The Kier molecular flexibility index (Phi) is 4.42. The van der Waals surface area contributed by atoms with Gasteiger partial charge in [-0.1, -0.05) is 0 Å². The van der Waals surface area contributed by atoms with Gasteiger partial charge in [0, 0.05) is 13.1 Å². The normalized spacial score (nSPS) is 31.6. The average molecular weight is 270 g/mol. The van der Waals surface area contributed by atoms with Gasteiger partial charge in [0.15, 0.2) is 0 Å². The Morgan fingerprint density at radius 1 is 1.42 bits per heavy atom. The minimum atomic E-state index is -0.878. The lowest BCUT2D eigenvalue weighted by atomic mass is 9.99. The molecule has 1 amide bonds. The number of rotatable bonds is 4. The molecule has 108 valence electrons. The average Bonchev–Trinajstić information content (AvgIpc) is 2.98. The van der Waals surface area contributed by atoms with Crippen molar-refractivity contribution in [2.24, 2.45) is 11.8 Å². The number of carbonyl (C=O) groups excluding carboxylic acids is 1. The topological polar surface area (TPSA) is 70.1 Å². The number of likely N-dealkylation sites (tertiary alicyclic amines) is 1. The summed E-state index contributed by atoms with van der Waals surface area (Å²) in [6, 6.07) is -0.319. The molecule has 0 bridgehead atoms. The molecule has 0 spiro atoms. The van der Waals surface area contributed by atoms with Crippen molar-refractivity contribution in [3.05, 3.63) is 0 Å². The Morgan fingerprint density at radius 3 is 2.68 bits per heavy atom. The highest BCUT2D eigenvalue weighted by Crippen LogP contribution is 2.24. The van der Waals surface area contributed by atoms with Crippen LogP contribution in [0, 0.1) is 11.8 Å². The number of ether oxygens (including phenoxy) is 1. The molecule has 19 heavy (non-hydrogen) atoms. The summed E-state index contributed by atoms with van der Waals surface area (Å²) >= 11 is 0. The van der Waals surface area contributed by atoms with Crippen molar-refractivity contribution >= 4 is 11.9 Å². The van der Waals surface area contributed by atoms with Gasteiger partial charge in [-0.25, -0.2) is 0 Å². The van der Waals surface area contributed by atoms with E-state index >= 15 is 0 Å². The van der Waals surface area contributed by atoms with E-state index in [1.807, 2.05) is 14.0 Å². The number of aliphatic carboxylic acids is 1. The minimum absolute atomic E-state index is 0.00000472. The number of carboxylic acid groups (broad SMARTS) is 1. The van der Waals surface area contributed by atoms with E-state index < -0.39 is 11.9 Å². The van der Waals surface area contributed by atoms with Gasteiger partial charge in [-0.05, 0) is 26.9 Å². The highest BCUT2D eigenvalue weighted by molar-refractivity contribution is 5.81. The van der Waals surface area contributed by atoms with Crippen LogP contribution in [0.1, 0.15) is 13.3 Å². The third kappa shape index (κ3) is 2.90. The molecule has 0 aromatic heterocycles. The van der Waals surface area contributed by atoms with E-state index in [1.54, 1.807) is 4.90 Å². The van der Waals surface area contributed by atoms with Crippen molar-refractivity contribution in [2.45, 2.75) is 19.4 Å². The summed E-state index contributed by atoms with van der Waals surface area (Å²) in [5.41, 5.74) is 0. The van der Waals surface area contributed by atoms with Gasteiger partial charge in [0.05, 0.1) is 25.2 Å². The first-order valence-corrected chi connectivity index (χ1v) is 6.84. The van der Waals surface area contributed by atoms with E-state index in [0.717, 1.165) is 19.5 Å². The van der Waals surface area contributed by atoms with Crippen molar-refractivity contribution in [2.75, 3.05) is 39.9 Å². The number of carbonyl (C=O) groups is 2. The Bertz CT molecular complexity index is 361. The van der Waals surface area contributed by atoms with Crippen molar-refractivity contribution in [3.8, 4) is 0 Å². The summed E-state index contributed by atoms with van der Waals surface area (Å²) in [4.78, 5) is 27.6. The van der Waals surface area contributed by atoms with Gasteiger partial charge < -0.3 is 19.6 Å². The molecule has 1 N–H and O–H groups in total. The lowest BCUT2D eigenvalue weighted by Gasteiger charge is -2.31. The number of likely N-dealkylation sites (N-methyl/N-ethyl adjacent to an activating group) is 1. The van der Waals surface area contributed by atoms with E-state index in [0.29, 0.717) is 13.2 Å².